The summed E-state index contributed by atoms with van der Waals surface area (Å²) in [7, 11) is 0. The second-order valence-corrected chi connectivity index (χ2v) is 8.55. The minimum absolute atomic E-state index is 0.189. The Hall–Kier alpha value is -2.01. The number of hydrogen-bond acceptors (Lipinski definition) is 10. The first-order valence-electron chi connectivity index (χ1n) is 8.61. The molecule has 0 aromatic carbocycles. The van der Waals surface area contributed by atoms with Gasteiger partial charge >= 0.3 is 24.0 Å². The van der Waals surface area contributed by atoms with E-state index in [1.165, 1.54) is 13.8 Å². The molecule has 0 saturated carbocycles. The predicted molar refractivity (Wildman–Crippen MR) is 98.3 cm³/mol. The van der Waals surface area contributed by atoms with Crippen LogP contribution >= 0.6 is 11.8 Å². The lowest BCUT2D eigenvalue weighted by molar-refractivity contribution is -0.172. The van der Waals surface area contributed by atoms with Gasteiger partial charge in [0.25, 0.3) is 0 Å². The van der Waals surface area contributed by atoms with Crippen molar-refractivity contribution in [2.75, 3.05) is 6.61 Å². The third-order valence-corrected chi connectivity index (χ3v) is 4.73. The maximum absolute atomic E-state index is 12.2. The molecule has 0 bridgehead atoms. The summed E-state index contributed by atoms with van der Waals surface area (Å²) in [6.45, 7) is 8.33. The van der Waals surface area contributed by atoms with Gasteiger partial charge in [-0.1, -0.05) is 0 Å². The Morgan fingerprint density at radius 1 is 0.964 bits per heavy atom. The van der Waals surface area contributed by atoms with E-state index in [1.54, 1.807) is 20.8 Å². The zero-order valence-corrected chi connectivity index (χ0v) is 17.5. The third-order valence-electron chi connectivity index (χ3n) is 3.40. The molecule has 0 spiro atoms. The SMILES string of the molecule is CC(=O)OC[C@H]1S[C@H](O)[C@H](NC(=O)OC(C)(C)C)[C@@H](OC(C)=O)[C@@H]1OC(C)=O. The van der Waals surface area contributed by atoms with Crippen LogP contribution in [0.1, 0.15) is 41.5 Å². The highest BCUT2D eigenvalue weighted by atomic mass is 32.2. The van der Waals surface area contributed by atoms with Crippen molar-refractivity contribution in [2.24, 2.45) is 0 Å². The Morgan fingerprint density at radius 2 is 1.50 bits per heavy atom. The third kappa shape index (κ3) is 7.93. The fourth-order valence-electron chi connectivity index (χ4n) is 2.52. The summed E-state index contributed by atoms with van der Waals surface area (Å²) < 4.78 is 20.7. The van der Waals surface area contributed by atoms with Gasteiger partial charge in [0.05, 0.1) is 5.25 Å². The number of thioether (sulfide) groups is 1. The average Bonchev–Trinajstić information content (AvgIpc) is 2.49. The first-order valence-corrected chi connectivity index (χ1v) is 9.55. The minimum Gasteiger partial charge on any atom is -0.465 e. The molecule has 160 valence electrons. The maximum atomic E-state index is 12.2. The van der Waals surface area contributed by atoms with Gasteiger partial charge in [0.1, 0.15) is 23.7 Å². The Kier molecular flexibility index (Phi) is 8.55. The van der Waals surface area contributed by atoms with Crippen molar-refractivity contribution in [3.05, 3.63) is 0 Å². The number of esters is 3. The molecule has 0 radical (unpaired) electrons. The van der Waals surface area contributed by atoms with Gasteiger partial charge in [-0.3, -0.25) is 14.4 Å². The van der Waals surface area contributed by atoms with Gasteiger partial charge in [0.15, 0.2) is 12.2 Å². The quantitative estimate of drug-likeness (QED) is 0.483. The van der Waals surface area contributed by atoms with E-state index >= 15 is 0 Å². The topological polar surface area (TPSA) is 137 Å². The van der Waals surface area contributed by atoms with Crippen LogP contribution < -0.4 is 5.32 Å². The van der Waals surface area contributed by atoms with Gasteiger partial charge < -0.3 is 29.4 Å². The van der Waals surface area contributed by atoms with Crippen molar-refractivity contribution < 1.29 is 43.2 Å². The number of carbonyl (C=O) groups excluding carboxylic acids is 4. The first-order chi connectivity index (χ1) is 12.8. The fourth-order valence-corrected chi connectivity index (χ4v) is 3.78. The molecular weight excluding hydrogens is 394 g/mol. The van der Waals surface area contributed by atoms with E-state index in [2.05, 4.69) is 5.32 Å². The van der Waals surface area contributed by atoms with Crippen molar-refractivity contribution in [1.82, 2.24) is 5.32 Å². The van der Waals surface area contributed by atoms with Gasteiger partial charge in [0.2, 0.25) is 0 Å². The van der Waals surface area contributed by atoms with Crippen LogP contribution in [0.15, 0.2) is 0 Å². The van der Waals surface area contributed by atoms with Crippen molar-refractivity contribution in [1.29, 1.82) is 0 Å². The number of carbonyl (C=O) groups is 4. The van der Waals surface area contributed by atoms with Crippen LogP contribution in [-0.2, 0) is 33.3 Å². The molecule has 1 amide bonds. The molecule has 0 aromatic rings. The van der Waals surface area contributed by atoms with Crippen LogP contribution in [0, 0.1) is 0 Å². The van der Waals surface area contributed by atoms with Crippen LogP contribution in [0.2, 0.25) is 0 Å². The number of nitrogens with one attached hydrogen (secondary N) is 1. The number of aliphatic hydroxyl groups excluding tert-OH is 1. The van der Waals surface area contributed by atoms with Crippen molar-refractivity contribution >= 4 is 35.8 Å². The highest BCUT2D eigenvalue weighted by Crippen LogP contribution is 2.35. The Labute approximate surface area is 167 Å². The number of amides is 1. The summed E-state index contributed by atoms with van der Waals surface area (Å²) in [4.78, 5) is 46.5. The summed E-state index contributed by atoms with van der Waals surface area (Å²) in [5.74, 6) is -1.93. The number of aliphatic hydroxyl groups is 1. The van der Waals surface area contributed by atoms with Crippen LogP contribution in [0.25, 0.3) is 0 Å². The molecule has 0 aliphatic carbocycles. The zero-order valence-electron chi connectivity index (χ0n) is 16.7. The Balaban J connectivity index is 3.12. The lowest BCUT2D eigenvalue weighted by atomic mass is 10.0. The second kappa shape index (κ2) is 9.97. The van der Waals surface area contributed by atoms with Crippen molar-refractivity contribution in [2.45, 2.75) is 76.1 Å². The zero-order chi connectivity index (χ0) is 21.6. The molecule has 1 fully saturated rings. The largest absolute Gasteiger partial charge is 0.465 e. The molecule has 0 unspecified atom stereocenters. The van der Waals surface area contributed by atoms with E-state index in [-0.39, 0.29) is 6.61 Å². The van der Waals surface area contributed by atoms with Crippen LogP contribution in [-0.4, -0.2) is 70.3 Å². The predicted octanol–water partition coefficient (Wildman–Crippen LogP) is 0.740. The standard InChI is InChI=1S/C17H27NO9S/c1-8(19)24-7-11-13(25-9(2)20)14(26-10(3)21)12(15(22)28-11)18-16(23)27-17(4,5)6/h11-15,22H,7H2,1-6H3,(H,18,23)/t11-,12-,13-,14-,15+/m1/s1. The average molecular weight is 421 g/mol. The fraction of sp³-hybridized carbons (Fsp3) is 0.765. The van der Waals surface area contributed by atoms with Gasteiger partial charge in [-0.15, -0.1) is 11.8 Å². The van der Waals surface area contributed by atoms with Gasteiger partial charge in [0, 0.05) is 20.8 Å². The smallest absolute Gasteiger partial charge is 0.408 e. The van der Waals surface area contributed by atoms with E-state index in [1.807, 2.05) is 0 Å². The number of hydrogen-bond donors (Lipinski definition) is 2. The lowest BCUT2D eigenvalue weighted by Gasteiger charge is -2.43. The van der Waals surface area contributed by atoms with Gasteiger partial charge in [-0.25, -0.2) is 4.79 Å². The Bertz CT molecular complexity index is 604. The van der Waals surface area contributed by atoms with Crippen LogP contribution in [0.3, 0.4) is 0 Å². The molecule has 5 atom stereocenters. The summed E-state index contributed by atoms with van der Waals surface area (Å²) in [6, 6.07) is -1.12. The number of ether oxygens (including phenoxy) is 4. The monoisotopic (exact) mass is 421 g/mol. The number of alkyl carbamates (subject to hydrolysis) is 1. The highest BCUT2D eigenvalue weighted by molar-refractivity contribution is 8.00. The molecule has 28 heavy (non-hydrogen) atoms. The molecule has 1 saturated heterocycles. The highest BCUT2D eigenvalue weighted by Gasteiger charge is 2.50. The van der Waals surface area contributed by atoms with Gasteiger partial charge in [-0.05, 0) is 20.8 Å². The molecule has 1 heterocycles. The molecular formula is C17H27NO9S. The summed E-state index contributed by atoms with van der Waals surface area (Å²) in [5, 5.41) is 12.2. The first kappa shape index (κ1) is 24.0. The molecule has 2 N–H and O–H groups in total. The van der Waals surface area contributed by atoms with Gasteiger partial charge in [-0.2, -0.15) is 0 Å². The molecule has 11 heteroatoms. The Morgan fingerprint density at radius 3 is 1.96 bits per heavy atom. The van der Waals surface area contributed by atoms with Crippen molar-refractivity contribution in [3.8, 4) is 0 Å². The summed E-state index contributed by atoms with van der Waals surface area (Å²) >= 11 is 0.917. The molecule has 10 nitrogen and oxygen atoms in total. The molecule has 1 aliphatic heterocycles. The summed E-state index contributed by atoms with van der Waals surface area (Å²) in [5.41, 5.74) is -2.04. The summed E-state index contributed by atoms with van der Waals surface area (Å²) in [6.07, 6.45) is -3.13. The van der Waals surface area contributed by atoms with E-state index in [9.17, 15) is 24.3 Å². The number of rotatable bonds is 5. The van der Waals surface area contributed by atoms with E-state index < -0.39 is 58.5 Å². The molecule has 0 aromatic heterocycles. The van der Waals surface area contributed by atoms with E-state index in [4.69, 9.17) is 18.9 Å². The van der Waals surface area contributed by atoms with E-state index in [0.717, 1.165) is 18.7 Å². The van der Waals surface area contributed by atoms with Crippen LogP contribution in [0.4, 0.5) is 4.79 Å². The molecule has 1 rings (SSSR count). The molecule has 1 aliphatic rings. The van der Waals surface area contributed by atoms with Crippen LogP contribution in [0.5, 0.6) is 0 Å². The van der Waals surface area contributed by atoms with E-state index in [0.29, 0.717) is 0 Å². The second-order valence-electron chi connectivity index (χ2n) is 7.19. The lowest BCUT2D eigenvalue weighted by Crippen LogP contribution is -2.63. The van der Waals surface area contributed by atoms with Crippen molar-refractivity contribution in [3.63, 3.8) is 0 Å². The minimum atomic E-state index is -1.25. The maximum Gasteiger partial charge on any atom is 0.408 e. The normalized spacial score (nSPS) is 27.3.